The van der Waals surface area contributed by atoms with E-state index in [1.165, 1.54) is 12.1 Å². The van der Waals surface area contributed by atoms with E-state index in [1.807, 2.05) is 42.2 Å². The molecular weight excluding hydrogens is 421 g/mol. The molecular formula is C26H28FN3O3. The number of piperidine rings is 1. The smallest absolute Gasteiger partial charge is 0.257 e. The molecule has 3 aromatic rings. The average Bonchev–Trinajstić information content (AvgIpc) is 3.22. The molecule has 1 atom stereocenters. The number of aromatic nitrogens is 1. The van der Waals surface area contributed by atoms with Crippen LogP contribution in [0.4, 0.5) is 4.39 Å². The molecule has 7 heteroatoms. The third kappa shape index (κ3) is 4.97. The fourth-order valence-corrected chi connectivity index (χ4v) is 4.40. The number of carbonyl (C=O) groups excluding carboxylic acids is 2. The summed E-state index contributed by atoms with van der Waals surface area (Å²) in [4.78, 5) is 28.1. The van der Waals surface area contributed by atoms with Crippen LogP contribution in [0.25, 0.3) is 11.3 Å². The lowest BCUT2D eigenvalue weighted by molar-refractivity contribution is -0.134. The lowest BCUT2D eigenvalue weighted by Gasteiger charge is -2.34. The first kappa shape index (κ1) is 22.7. The monoisotopic (exact) mass is 449 g/mol. The minimum absolute atomic E-state index is 0.0475. The van der Waals surface area contributed by atoms with E-state index in [0.717, 1.165) is 12.0 Å². The molecule has 1 fully saturated rings. The number of benzene rings is 2. The van der Waals surface area contributed by atoms with Gasteiger partial charge in [-0.2, -0.15) is 0 Å². The van der Waals surface area contributed by atoms with Gasteiger partial charge < -0.3 is 14.7 Å². The Morgan fingerprint density at radius 1 is 1.12 bits per heavy atom. The lowest BCUT2D eigenvalue weighted by Crippen LogP contribution is -2.47. The molecule has 1 aliphatic heterocycles. The van der Waals surface area contributed by atoms with Gasteiger partial charge in [0.25, 0.3) is 5.91 Å². The van der Waals surface area contributed by atoms with E-state index in [-0.39, 0.29) is 29.6 Å². The van der Waals surface area contributed by atoms with Crippen LogP contribution in [-0.4, -0.2) is 41.0 Å². The molecule has 0 aliphatic carbocycles. The van der Waals surface area contributed by atoms with Crippen LogP contribution < -0.4 is 5.32 Å². The quantitative estimate of drug-likeness (QED) is 0.592. The summed E-state index contributed by atoms with van der Waals surface area (Å²) in [6.45, 7) is 4.91. The first-order valence-electron chi connectivity index (χ1n) is 11.3. The molecule has 0 radical (unpaired) electrons. The van der Waals surface area contributed by atoms with Gasteiger partial charge in [-0.05, 0) is 56.0 Å². The molecule has 172 valence electrons. The van der Waals surface area contributed by atoms with Gasteiger partial charge in [0.05, 0.1) is 5.92 Å². The van der Waals surface area contributed by atoms with Crippen LogP contribution in [0.2, 0.25) is 0 Å². The summed E-state index contributed by atoms with van der Waals surface area (Å²) in [5.41, 5.74) is 2.41. The summed E-state index contributed by atoms with van der Waals surface area (Å²) < 4.78 is 18.5. The van der Waals surface area contributed by atoms with Gasteiger partial charge in [0.1, 0.15) is 22.8 Å². The Bertz CT molecular complexity index is 1100. The van der Waals surface area contributed by atoms with Gasteiger partial charge in [-0.25, -0.2) is 4.39 Å². The molecule has 2 aromatic carbocycles. The molecule has 2 heterocycles. The van der Waals surface area contributed by atoms with Crippen LogP contribution in [0.3, 0.4) is 0 Å². The number of nitrogens with zero attached hydrogens (tertiary/aromatic N) is 2. The van der Waals surface area contributed by atoms with E-state index in [4.69, 9.17) is 4.52 Å². The van der Waals surface area contributed by atoms with Crippen molar-refractivity contribution in [3.8, 4) is 11.3 Å². The summed E-state index contributed by atoms with van der Waals surface area (Å²) >= 11 is 0. The van der Waals surface area contributed by atoms with E-state index in [9.17, 15) is 14.0 Å². The van der Waals surface area contributed by atoms with Crippen molar-refractivity contribution in [1.82, 2.24) is 15.4 Å². The van der Waals surface area contributed by atoms with E-state index in [1.54, 1.807) is 19.1 Å². The fraction of sp³-hybridized carbons (Fsp3) is 0.346. The third-order valence-electron chi connectivity index (χ3n) is 6.26. The zero-order chi connectivity index (χ0) is 23.4. The highest BCUT2D eigenvalue weighted by Crippen LogP contribution is 2.27. The van der Waals surface area contributed by atoms with Crippen LogP contribution >= 0.6 is 0 Å². The van der Waals surface area contributed by atoms with Crippen LogP contribution in [0.15, 0.2) is 59.1 Å². The number of carbonyl (C=O) groups is 2. The molecule has 4 rings (SSSR count). The SMILES string of the molecule is CCC(C(=O)N1CCC(NC(=O)c2c(-c3ccc(F)cc3)noc2C)CC1)c1ccccc1. The highest BCUT2D eigenvalue weighted by atomic mass is 19.1. The first-order valence-corrected chi connectivity index (χ1v) is 11.3. The summed E-state index contributed by atoms with van der Waals surface area (Å²) in [6, 6.07) is 15.6. The van der Waals surface area contributed by atoms with E-state index in [0.29, 0.717) is 48.5 Å². The lowest BCUT2D eigenvalue weighted by atomic mass is 9.93. The number of likely N-dealkylation sites (tertiary alicyclic amines) is 1. The predicted molar refractivity (Wildman–Crippen MR) is 123 cm³/mol. The maximum atomic E-state index is 13.3. The fourth-order valence-electron chi connectivity index (χ4n) is 4.40. The summed E-state index contributed by atoms with van der Waals surface area (Å²) in [6.07, 6.45) is 2.11. The van der Waals surface area contributed by atoms with Crippen LogP contribution in [0, 0.1) is 12.7 Å². The second kappa shape index (κ2) is 9.98. The average molecular weight is 450 g/mol. The minimum atomic E-state index is -0.358. The van der Waals surface area contributed by atoms with Crippen molar-refractivity contribution in [2.75, 3.05) is 13.1 Å². The summed E-state index contributed by atoms with van der Waals surface area (Å²) in [5, 5.41) is 7.08. The van der Waals surface area contributed by atoms with Gasteiger partial charge in [0.15, 0.2) is 0 Å². The number of amides is 2. The second-order valence-corrected chi connectivity index (χ2v) is 8.41. The maximum Gasteiger partial charge on any atom is 0.257 e. The molecule has 2 amide bonds. The maximum absolute atomic E-state index is 13.3. The predicted octanol–water partition coefficient (Wildman–Crippen LogP) is 4.70. The molecule has 1 aromatic heterocycles. The molecule has 6 nitrogen and oxygen atoms in total. The molecule has 1 saturated heterocycles. The highest BCUT2D eigenvalue weighted by molar-refractivity contribution is 6.01. The van der Waals surface area contributed by atoms with Gasteiger partial charge in [0.2, 0.25) is 5.91 Å². The summed E-state index contributed by atoms with van der Waals surface area (Å²) in [7, 11) is 0. The molecule has 33 heavy (non-hydrogen) atoms. The van der Waals surface area contributed by atoms with E-state index < -0.39 is 0 Å². The number of nitrogens with one attached hydrogen (secondary N) is 1. The van der Waals surface area contributed by atoms with Crippen molar-refractivity contribution in [2.24, 2.45) is 0 Å². The van der Waals surface area contributed by atoms with Gasteiger partial charge in [-0.15, -0.1) is 0 Å². The Kier molecular flexibility index (Phi) is 6.87. The molecule has 1 N–H and O–H groups in total. The zero-order valence-corrected chi connectivity index (χ0v) is 18.9. The van der Waals surface area contributed by atoms with Crippen molar-refractivity contribution < 1.29 is 18.5 Å². The second-order valence-electron chi connectivity index (χ2n) is 8.41. The van der Waals surface area contributed by atoms with Crippen molar-refractivity contribution in [3.63, 3.8) is 0 Å². The Hall–Kier alpha value is -3.48. The normalized spacial score (nSPS) is 15.3. The Morgan fingerprint density at radius 3 is 2.42 bits per heavy atom. The number of aryl methyl sites for hydroxylation is 1. The first-order chi connectivity index (χ1) is 16.0. The largest absolute Gasteiger partial charge is 0.360 e. The number of rotatable bonds is 6. The van der Waals surface area contributed by atoms with Gasteiger partial charge in [-0.1, -0.05) is 42.4 Å². The summed E-state index contributed by atoms with van der Waals surface area (Å²) in [5.74, 6) is -0.220. The molecule has 0 saturated carbocycles. The van der Waals surface area contributed by atoms with Crippen LogP contribution in [0.5, 0.6) is 0 Å². The van der Waals surface area contributed by atoms with Crippen molar-refractivity contribution >= 4 is 11.8 Å². The third-order valence-corrected chi connectivity index (χ3v) is 6.26. The Balaban J connectivity index is 1.39. The van der Waals surface area contributed by atoms with Crippen LogP contribution in [-0.2, 0) is 4.79 Å². The van der Waals surface area contributed by atoms with E-state index in [2.05, 4.69) is 10.5 Å². The number of hydrogen-bond donors (Lipinski definition) is 1. The highest BCUT2D eigenvalue weighted by Gasteiger charge is 2.30. The zero-order valence-electron chi connectivity index (χ0n) is 18.9. The van der Waals surface area contributed by atoms with E-state index >= 15 is 0 Å². The van der Waals surface area contributed by atoms with Crippen LogP contribution in [0.1, 0.15) is 53.8 Å². The standard InChI is InChI=1S/C26H28FN3O3/c1-3-22(18-7-5-4-6-8-18)26(32)30-15-13-21(14-16-30)28-25(31)23-17(2)33-29-24(23)19-9-11-20(27)12-10-19/h4-12,21-22H,3,13-16H2,1-2H3,(H,28,31). The Morgan fingerprint density at radius 2 is 1.79 bits per heavy atom. The van der Waals surface area contributed by atoms with Crippen molar-refractivity contribution in [2.45, 2.75) is 45.1 Å². The topological polar surface area (TPSA) is 75.4 Å². The van der Waals surface area contributed by atoms with Gasteiger partial charge in [-0.3, -0.25) is 9.59 Å². The number of hydrogen-bond acceptors (Lipinski definition) is 4. The number of halogens is 1. The Labute approximate surface area is 192 Å². The van der Waals surface area contributed by atoms with Crippen molar-refractivity contribution in [1.29, 1.82) is 0 Å². The van der Waals surface area contributed by atoms with Gasteiger partial charge >= 0.3 is 0 Å². The van der Waals surface area contributed by atoms with Crippen molar-refractivity contribution in [3.05, 3.63) is 77.3 Å². The molecule has 0 bridgehead atoms. The molecule has 1 aliphatic rings. The minimum Gasteiger partial charge on any atom is -0.360 e. The van der Waals surface area contributed by atoms with Gasteiger partial charge in [0, 0.05) is 24.7 Å². The molecule has 1 unspecified atom stereocenters. The molecule has 0 spiro atoms.